The third-order valence-corrected chi connectivity index (χ3v) is 3.00. The van der Waals surface area contributed by atoms with E-state index >= 15 is 0 Å². The van der Waals surface area contributed by atoms with Gasteiger partial charge < -0.3 is 9.47 Å². The SMILES string of the molecule is Cc1ccc(OC/C=C/CN2CCOCC2)cc1.Cl. The van der Waals surface area contributed by atoms with Crippen molar-refractivity contribution in [3.05, 3.63) is 42.0 Å². The van der Waals surface area contributed by atoms with Crippen molar-refractivity contribution in [1.29, 1.82) is 0 Å². The molecule has 1 aliphatic heterocycles. The van der Waals surface area contributed by atoms with Crippen LogP contribution in [0.4, 0.5) is 0 Å². The van der Waals surface area contributed by atoms with Gasteiger partial charge in [0.05, 0.1) is 13.2 Å². The Morgan fingerprint density at radius 3 is 2.53 bits per heavy atom. The second-order valence-corrected chi connectivity index (χ2v) is 4.51. The Labute approximate surface area is 121 Å². The Kier molecular flexibility index (Phi) is 7.56. The molecule has 0 radical (unpaired) electrons. The molecule has 0 aromatic heterocycles. The zero-order chi connectivity index (χ0) is 12.6. The van der Waals surface area contributed by atoms with Crippen LogP contribution in [0, 0.1) is 6.92 Å². The monoisotopic (exact) mass is 283 g/mol. The maximum atomic E-state index is 5.62. The molecule has 2 rings (SSSR count). The van der Waals surface area contributed by atoms with E-state index in [4.69, 9.17) is 9.47 Å². The number of hydrogen-bond donors (Lipinski definition) is 0. The highest BCUT2D eigenvalue weighted by Crippen LogP contribution is 2.11. The number of aryl methyl sites for hydroxylation is 1. The second kappa shape index (κ2) is 8.97. The highest BCUT2D eigenvalue weighted by Gasteiger charge is 2.07. The van der Waals surface area contributed by atoms with Crippen molar-refractivity contribution in [3.8, 4) is 5.75 Å². The molecule has 1 fully saturated rings. The number of benzene rings is 1. The number of halogens is 1. The third-order valence-electron chi connectivity index (χ3n) is 3.00. The van der Waals surface area contributed by atoms with E-state index in [2.05, 4.69) is 36.1 Å². The first-order valence-electron chi connectivity index (χ1n) is 6.49. The van der Waals surface area contributed by atoms with Gasteiger partial charge in [0.15, 0.2) is 0 Å². The summed E-state index contributed by atoms with van der Waals surface area (Å²) in [5, 5.41) is 0. The van der Waals surface area contributed by atoms with Gasteiger partial charge in [-0.2, -0.15) is 0 Å². The van der Waals surface area contributed by atoms with Gasteiger partial charge in [-0.15, -0.1) is 12.4 Å². The van der Waals surface area contributed by atoms with Gasteiger partial charge in [-0.25, -0.2) is 0 Å². The fourth-order valence-corrected chi connectivity index (χ4v) is 1.85. The Morgan fingerprint density at radius 1 is 1.16 bits per heavy atom. The average molecular weight is 284 g/mol. The molecule has 0 aliphatic carbocycles. The topological polar surface area (TPSA) is 21.7 Å². The van der Waals surface area contributed by atoms with Gasteiger partial charge in [0, 0.05) is 19.6 Å². The first-order chi connectivity index (χ1) is 8.84. The van der Waals surface area contributed by atoms with Crippen LogP contribution >= 0.6 is 12.4 Å². The lowest BCUT2D eigenvalue weighted by Gasteiger charge is -2.25. The third kappa shape index (κ3) is 6.10. The van der Waals surface area contributed by atoms with Crippen LogP contribution in [0.15, 0.2) is 36.4 Å². The van der Waals surface area contributed by atoms with Gasteiger partial charge in [-0.1, -0.05) is 29.8 Å². The van der Waals surface area contributed by atoms with E-state index in [-0.39, 0.29) is 12.4 Å². The lowest BCUT2D eigenvalue weighted by Crippen LogP contribution is -2.36. The quantitative estimate of drug-likeness (QED) is 0.776. The highest BCUT2D eigenvalue weighted by atomic mass is 35.5. The van der Waals surface area contributed by atoms with E-state index < -0.39 is 0 Å². The van der Waals surface area contributed by atoms with E-state index in [1.807, 2.05) is 12.1 Å². The summed E-state index contributed by atoms with van der Waals surface area (Å²) in [4.78, 5) is 2.38. The van der Waals surface area contributed by atoms with Crippen LogP contribution in [0.3, 0.4) is 0 Å². The van der Waals surface area contributed by atoms with Crippen LogP contribution < -0.4 is 4.74 Å². The lowest BCUT2D eigenvalue weighted by molar-refractivity contribution is 0.0434. The molecule has 1 aromatic rings. The van der Waals surface area contributed by atoms with Crippen molar-refractivity contribution >= 4 is 12.4 Å². The predicted octanol–water partition coefficient (Wildman–Crippen LogP) is 2.68. The predicted molar refractivity (Wildman–Crippen MR) is 80.3 cm³/mol. The molecular weight excluding hydrogens is 262 g/mol. The number of rotatable bonds is 5. The highest BCUT2D eigenvalue weighted by molar-refractivity contribution is 5.85. The summed E-state index contributed by atoms with van der Waals surface area (Å²) in [5.74, 6) is 0.927. The molecule has 1 aliphatic rings. The number of morpholine rings is 1. The molecule has 1 heterocycles. The van der Waals surface area contributed by atoms with E-state index in [0.717, 1.165) is 38.6 Å². The van der Waals surface area contributed by atoms with Gasteiger partial charge >= 0.3 is 0 Å². The maximum Gasteiger partial charge on any atom is 0.119 e. The summed E-state index contributed by atoms with van der Waals surface area (Å²) in [6, 6.07) is 8.13. The molecular formula is C15H22ClNO2. The van der Waals surface area contributed by atoms with Crippen molar-refractivity contribution in [2.75, 3.05) is 39.5 Å². The minimum absolute atomic E-state index is 0. The normalized spacial score (nSPS) is 16.3. The molecule has 3 nitrogen and oxygen atoms in total. The zero-order valence-corrected chi connectivity index (χ0v) is 12.2. The van der Waals surface area contributed by atoms with Crippen LogP contribution in [-0.2, 0) is 4.74 Å². The van der Waals surface area contributed by atoms with Crippen molar-refractivity contribution in [2.24, 2.45) is 0 Å². The fraction of sp³-hybridized carbons (Fsp3) is 0.467. The fourth-order valence-electron chi connectivity index (χ4n) is 1.85. The summed E-state index contributed by atoms with van der Waals surface area (Å²) in [5.41, 5.74) is 1.25. The van der Waals surface area contributed by atoms with Crippen LogP contribution in [0.25, 0.3) is 0 Å². The van der Waals surface area contributed by atoms with Gasteiger partial charge in [0.1, 0.15) is 12.4 Å². The summed E-state index contributed by atoms with van der Waals surface area (Å²) in [6.07, 6.45) is 4.24. The lowest BCUT2D eigenvalue weighted by atomic mass is 10.2. The first-order valence-corrected chi connectivity index (χ1v) is 6.49. The molecule has 0 saturated carbocycles. The summed E-state index contributed by atoms with van der Waals surface area (Å²) in [6.45, 7) is 7.47. The van der Waals surface area contributed by atoms with E-state index in [0.29, 0.717) is 6.61 Å². The molecule has 0 spiro atoms. The van der Waals surface area contributed by atoms with E-state index in [9.17, 15) is 0 Å². The Morgan fingerprint density at radius 2 is 1.84 bits per heavy atom. The summed E-state index contributed by atoms with van der Waals surface area (Å²) in [7, 11) is 0. The molecule has 0 unspecified atom stereocenters. The Bertz CT molecular complexity index is 372. The second-order valence-electron chi connectivity index (χ2n) is 4.51. The maximum absolute atomic E-state index is 5.62. The van der Waals surface area contributed by atoms with Gasteiger partial charge in [-0.05, 0) is 19.1 Å². The van der Waals surface area contributed by atoms with E-state index in [1.165, 1.54) is 5.56 Å². The van der Waals surface area contributed by atoms with Crippen molar-refractivity contribution in [3.63, 3.8) is 0 Å². The van der Waals surface area contributed by atoms with Crippen LogP contribution in [-0.4, -0.2) is 44.4 Å². The van der Waals surface area contributed by atoms with Crippen LogP contribution in [0.2, 0.25) is 0 Å². The molecule has 0 bridgehead atoms. The van der Waals surface area contributed by atoms with Crippen molar-refractivity contribution in [1.82, 2.24) is 4.90 Å². The van der Waals surface area contributed by atoms with Gasteiger partial charge in [-0.3, -0.25) is 4.90 Å². The van der Waals surface area contributed by atoms with Gasteiger partial charge in [0.2, 0.25) is 0 Å². The molecule has 1 aromatic carbocycles. The van der Waals surface area contributed by atoms with Crippen molar-refractivity contribution in [2.45, 2.75) is 6.92 Å². The van der Waals surface area contributed by atoms with Gasteiger partial charge in [0.25, 0.3) is 0 Å². The summed E-state index contributed by atoms with van der Waals surface area (Å²) >= 11 is 0. The smallest absolute Gasteiger partial charge is 0.119 e. The number of ether oxygens (including phenoxy) is 2. The Hall–Kier alpha value is -1.03. The molecule has 19 heavy (non-hydrogen) atoms. The largest absolute Gasteiger partial charge is 0.490 e. The molecule has 0 N–H and O–H groups in total. The minimum atomic E-state index is 0. The molecule has 1 saturated heterocycles. The molecule has 106 valence electrons. The van der Waals surface area contributed by atoms with Crippen LogP contribution in [0.5, 0.6) is 5.75 Å². The Balaban J connectivity index is 0.00000180. The zero-order valence-electron chi connectivity index (χ0n) is 11.4. The molecule has 0 amide bonds. The van der Waals surface area contributed by atoms with Crippen LogP contribution in [0.1, 0.15) is 5.56 Å². The van der Waals surface area contributed by atoms with E-state index in [1.54, 1.807) is 0 Å². The average Bonchev–Trinajstić information content (AvgIpc) is 2.42. The first kappa shape index (κ1) is 16.0. The molecule has 0 atom stereocenters. The summed E-state index contributed by atoms with van der Waals surface area (Å²) < 4.78 is 10.9. The van der Waals surface area contributed by atoms with Crippen molar-refractivity contribution < 1.29 is 9.47 Å². The number of hydrogen-bond acceptors (Lipinski definition) is 3. The molecule has 4 heteroatoms. The standard InChI is InChI=1S/C15H21NO2.ClH/c1-14-4-6-15(7-5-14)18-11-3-2-8-16-9-12-17-13-10-16;/h2-7H,8-13H2,1H3;1H/b3-2+;. The number of nitrogens with zero attached hydrogens (tertiary/aromatic N) is 1. The minimum Gasteiger partial charge on any atom is -0.490 e.